The summed E-state index contributed by atoms with van der Waals surface area (Å²) in [5.74, 6) is -0.00753. The molecule has 0 fully saturated rings. The van der Waals surface area contributed by atoms with E-state index in [1.807, 2.05) is 24.3 Å². The number of ether oxygens (including phenoxy) is 1. The molecule has 0 aromatic heterocycles. The van der Waals surface area contributed by atoms with Gasteiger partial charge < -0.3 is 14.7 Å². The summed E-state index contributed by atoms with van der Waals surface area (Å²) in [7, 11) is 0. The van der Waals surface area contributed by atoms with Crippen molar-refractivity contribution in [1.29, 1.82) is 0 Å². The van der Waals surface area contributed by atoms with Gasteiger partial charge in [0.25, 0.3) is 0 Å². The molecule has 1 N–H and O–H groups in total. The predicted octanol–water partition coefficient (Wildman–Crippen LogP) is 3.87. The molecule has 0 saturated carbocycles. The first kappa shape index (κ1) is 15.4. The molecule has 4 heteroatoms. The van der Waals surface area contributed by atoms with Crippen LogP contribution in [0.2, 0.25) is 0 Å². The van der Waals surface area contributed by atoms with Crippen LogP contribution in [0.1, 0.15) is 34.8 Å². The molecule has 1 aliphatic heterocycles. The van der Waals surface area contributed by atoms with Crippen molar-refractivity contribution in [3.05, 3.63) is 59.2 Å². The van der Waals surface area contributed by atoms with Crippen molar-refractivity contribution in [2.45, 2.75) is 32.9 Å². The van der Waals surface area contributed by atoms with Gasteiger partial charge in [-0.05, 0) is 42.7 Å². The Kier molecular flexibility index (Phi) is 4.24. The first-order valence-electron chi connectivity index (χ1n) is 7.92. The zero-order valence-electron chi connectivity index (χ0n) is 13.5. The molecule has 0 aliphatic carbocycles. The van der Waals surface area contributed by atoms with Gasteiger partial charge in [0.05, 0.1) is 17.8 Å². The topological polar surface area (TPSA) is 49.8 Å². The van der Waals surface area contributed by atoms with E-state index >= 15 is 0 Å². The highest BCUT2D eigenvalue weighted by molar-refractivity contribution is 5.89. The number of hydrogen-bond acceptors (Lipinski definition) is 3. The van der Waals surface area contributed by atoms with Crippen LogP contribution in [0, 0.1) is 6.92 Å². The highest BCUT2D eigenvalue weighted by atomic mass is 16.5. The van der Waals surface area contributed by atoms with Gasteiger partial charge in [0.1, 0.15) is 11.9 Å². The molecule has 0 radical (unpaired) electrons. The number of carboxylic acid groups (broad SMARTS) is 1. The van der Waals surface area contributed by atoms with Gasteiger partial charge in [-0.3, -0.25) is 0 Å². The van der Waals surface area contributed by atoms with Crippen LogP contribution in [-0.2, 0) is 6.54 Å². The van der Waals surface area contributed by atoms with Crippen molar-refractivity contribution in [2.24, 2.45) is 0 Å². The number of aryl methyl sites for hydroxylation is 1. The van der Waals surface area contributed by atoms with E-state index in [0.717, 1.165) is 30.0 Å². The summed E-state index contributed by atoms with van der Waals surface area (Å²) in [5, 5.41) is 9.39. The van der Waals surface area contributed by atoms with E-state index in [-0.39, 0.29) is 6.10 Å². The SMILES string of the molecule is CCC1CN(Cc2ccccc2C(=O)O)c2cc(C)ccc2O1. The third kappa shape index (κ3) is 3.16. The Balaban J connectivity index is 1.97. The minimum atomic E-state index is -0.884. The van der Waals surface area contributed by atoms with Crippen LogP contribution in [-0.4, -0.2) is 23.7 Å². The molecule has 4 nitrogen and oxygen atoms in total. The first-order chi connectivity index (χ1) is 11.1. The molecular formula is C19H21NO3. The monoisotopic (exact) mass is 311 g/mol. The van der Waals surface area contributed by atoms with Gasteiger partial charge in [0.15, 0.2) is 0 Å². The van der Waals surface area contributed by atoms with E-state index in [4.69, 9.17) is 4.74 Å². The third-order valence-electron chi connectivity index (χ3n) is 4.24. The number of nitrogens with zero attached hydrogens (tertiary/aromatic N) is 1. The first-order valence-corrected chi connectivity index (χ1v) is 7.92. The van der Waals surface area contributed by atoms with Gasteiger partial charge in [-0.1, -0.05) is 31.2 Å². The summed E-state index contributed by atoms with van der Waals surface area (Å²) < 4.78 is 6.02. The maximum atomic E-state index is 11.4. The minimum Gasteiger partial charge on any atom is -0.486 e. The summed E-state index contributed by atoms with van der Waals surface area (Å²) in [6.45, 7) is 5.49. The molecule has 1 heterocycles. The fraction of sp³-hybridized carbons (Fsp3) is 0.316. The summed E-state index contributed by atoms with van der Waals surface area (Å²) in [4.78, 5) is 13.7. The molecular weight excluding hydrogens is 290 g/mol. The molecule has 0 saturated heterocycles. The van der Waals surface area contributed by atoms with E-state index < -0.39 is 5.97 Å². The molecule has 0 amide bonds. The van der Waals surface area contributed by atoms with Gasteiger partial charge in [0, 0.05) is 6.54 Å². The number of benzene rings is 2. The van der Waals surface area contributed by atoms with Crippen molar-refractivity contribution in [1.82, 2.24) is 0 Å². The lowest BCUT2D eigenvalue weighted by molar-refractivity contribution is 0.0695. The van der Waals surface area contributed by atoms with Gasteiger partial charge in [-0.25, -0.2) is 4.79 Å². The van der Waals surface area contributed by atoms with Crippen LogP contribution in [0.3, 0.4) is 0 Å². The van der Waals surface area contributed by atoms with E-state index in [1.54, 1.807) is 12.1 Å². The molecule has 0 spiro atoms. The molecule has 2 aromatic rings. The van der Waals surface area contributed by atoms with Gasteiger partial charge in [-0.2, -0.15) is 0 Å². The fourth-order valence-electron chi connectivity index (χ4n) is 2.97. The summed E-state index contributed by atoms with van der Waals surface area (Å²) in [6, 6.07) is 13.3. The van der Waals surface area contributed by atoms with Crippen LogP contribution >= 0.6 is 0 Å². The zero-order valence-corrected chi connectivity index (χ0v) is 13.5. The van der Waals surface area contributed by atoms with Crippen molar-refractivity contribution in [3.8, 4) is 5.75 Å². The molecule has 0 bridgehead atoms. The largest absolute Gasteiger partial charge is 0.486 e. The molecule has 1 atom stereocenters. The Bertz CT molecular complexity index is 726. The maximum absolute atomic E-state index is 11.4. The smallest absolute Gasteiger partial charge is 0.336 e. The number of carboxylic acids is 1. The highest BCUT2D eigenvalue weighted by Gasteiger charge is 2.25. The molecule has 1 unspecified atom stereocenters. The Morgan fingerprint density at radius 3 is 2.83 bits per heavy atom. The number of fused-ring (bicyclic) bond motifs is 1. The maximum Gasteiger partial charge on any atom is 0.336 e. The number of hydrogen-bond donors (Lipinski definition) is 1. The molecule has 2 aromatic carbocycles. The lowest BCUT2D eigenvalue weighted by atomic mass is 10.0. The van der Waals surface area contributed by atoms with Crippen molar-refractivity contribution in [3.63, 3.8) is 0 Å². The highest BCUT2D eigenvalue weighted by Crippen LogP contribution is 2.36. The van der Waals surface area contributed by atoms with E-state index in [0.29, 0.717) is 12.1 Å². The third-order valence-corrected chi connectivity index (χ3v) is 4.24. The van der Waals surface area contributed by atoms with E-state index in [2.05, 4.69) is 24.8 Å². The number of carbonyl (C=O) groups is 1. The van der Waals surface area contributed by atoms with Crippen LogP contribution in [0.15, 0.2) is 42.5 Å². The Hall–Kier alpha value is -2.49. The predicted molar refractivity (Wildman–Crippen MR) is 90.3 cm³/mol. The van der Waals surface area contributed by atoms with Crippen LogP contribution in [0.5, 0.6) is 5.75 Å². The Morgan fingerprint density at radius 2 is 2.09 bits per heavy atom. The minimum absolute atomic E-state index is 0.127. The van der Waals surface area contributed by atoms with Crippen LogP contribution in [0.4, 0.5) is 5.69 Å². The van der Waals surface area contributed by atoms with Crippen molar-refractivity contribution >= 4 is 11.7 Å². The molecule has 1 aliphatic rings. The van der Waals surface area contributed by atoms with Gasteiger partial charge in [0.2, 0.25) is 0 Å². The Labute approximate surface area is 136 Å². The van der Waals surface area contributed by atoms with Gasteiger partial charge in [-0.15, -0.1) is 0 Å². The number of rotatable bonds is 4. The quantitative estimate of drug-likeness (QED) is 0.931. The van der Waals surface area contributed by atoms with Crippen molar-refractivity contribution < 1.29 is 14.6 Å². The zero-order chi connectivity index (χ0) is 16.4. The lowest BCUT2D eigenvalue weighted by Gasteiger charge is -2.36. The second-order valence-electron chi connectivity index (χ2n) is 5.96. The van der Waals surface area contributed by atoms with E-state index in [1.165, 1.54) is 5.56 Å². The Morgan fingerprint density at radius 1 is 1.30 bits per heavy atom. The van der Waals surface area contributed by atoms with Crippen molar-refractivity contribution in [2.75, 3.05) is 11.4 Å². The average molecular weight is 311 g/mol. The summed E-state index contributed by atoms with van der Waals surface area (Å²) >= 11 is 0. The number of aromatic carboxylic acids is 1. The van der Waals surface area contributed by atoms with Crippen LogP contribution < -0.4 is 9.64 Å². The average Bonchev–Trinajstić information content (AvgIpc) is 2.55. The fourth-order valence-corrected chi connectivity index (χ4v) is 2.97. The van der Waals surface area contributed by atoms with E-state index in [9.17, 15) is 9.90 Å². The lowest BCUT2D eigenvalue weighted by Crippen LogP contribution is -2.39. The summed E-state index contributed by atoms with van der Waals surface area (Å²) in [5.41, 5.74) is 3.39. The second kappa shape index (κ2) is 6.32. The van der Waals surface area contributed by atoms with Crippen LogP contribution in [0.25, 0.3) is 0 Å². The normalized spacial score (nSPS) is 16.6. The second-order valence-corrected chi connectivity index (χ2v) is 5.96. The molecule has 120 valence electrons. The standard InChI is InChI=1S/C19H21NO3/c1-3-15-12-20(17-10-13(2)8-9-18(17)23-15)11-14-6-4-5-7-16(14)19(21)22/h4-10,15H,3,11-12H2,1-2H3,(H,21,22). The molecule has 3 rings (SSSR count). The van der Waals surface area contributed by atoms with Gasteiger partial charge >= 0.3 is 5.97 Å². The molecule has 23 heavy (non-hydrogen) atoms. The summed E-state index contributed by atoms with van der Waals surface area (Å²) in [6.07, 6.45) is 1.05. The number of anilines is 1.